The molecule has 2 aromatic rings. The molecule has 1 fully saturated rings. The largest absolute Gasteiger partial charge is 0.359 e. The van der Waals surface area contributed by atoms with Crippen molar-refractivity contribution in [1.29, 1.82) is 0 Å². The molecule has 0 bridgehead atoms. The summed E-state index contributed by atoms with van der Waals surface area (Å²) in [7, 11) is 0. The summed E-state index contributed by atoms with van der Waals surface area (Å²) in [6.07, 6.45) is 3.33. The Kier molecular flexibility index (Phi) is 3.71. The third kappa shape index (κ3) is 2.44. The van der Waals surface area contributed by atoms with Gasteiger partial charge < -0.3 is 9.42 Å². The Bertz CT molecular complexity index is 664. The highest BCUT2D eigenvalue weighted by Crippen LogP contribution is 2.34. The lowest BCUT2D eigenvalue weighted by Crippen LogP contribution is -2.32. The molecule has 1 aliphatic heterocycles. The molecule has 0 unspecified atom stereocenters. The minimum atomic E-state index is -0.101. The molecular formula is C14H17ClN4O2. The van der Waals surface area contributed by atoms with Crippen molar-refractivity contribution in [2.24, 2.45) is 0 Å². The van der Waals surface area contributed by atoms with Crippen molar-refractivity contribution in [3.63, 3.8) is 0 Å². The Morgan fingerprint density at radius 2 is 2.38 bits per heavy atom. The third-order valence-corrected chi connectivity index (χ3v) is 4.06. The fourth-order valence-electron chi connectivity index (χ4n) is 2.80. The first-order valence-corrected chi connectivity index (χ1v) is 7.45. The van der Waals surface area contributed by atoms with Gasteiger partial charge in [-0.3, -0.25) is 9.48 Å². The van der Waals surface area contributed by atoms with E-state index in [0.29, 0.717) is 23.8 Å². The molecule has 112 valence electrons. The average molecular weight is 309 g/mol. The first kappa shape index (κ1) is 14.1. The van der Waals surface area contributed by atoms with Crippen LogP contribution in [0.2, 0.25) is 5.02 Å². The van der Waals surface area contributed by atoms with Gasteiger partial charge in [0.15, 0.2) is 5.76 Å². The van der Waals surface area contributed by atoms with Crippen molar-refractivity contribution in [3.05, 3.63) is 34.4 Å². The number of aromatic nitrogens is 3. The van der Waals surface area contributed by atoms with E-state index in [2.05, 4.69) is 10.3 Å². The van der Waals surface area contributed by atoms with Gasteiger partial charge in [-0.05, 0) is 26.7 Å². The molecule has 1 amide bonds. The molecule has 1 aliphatic rings. The predicted octanol–water partition coefficient (Wildman–Crippen LogP) is 2.83. The molecule has 3 rings (SSSR count). The van der Waals surface area contributed by atoms with Crippen LogP contribution in [0, 0.1) is 6.92 Å². The van der Waals surface area contributed by atoms with Crippen molar-refractivity contribution >= 4 is 17.5 Å². The number of likely N-dealkylation sites (tertiary alicyclic amines) is 1. The summed E-state index contributed by atoms with van der Waals surface area (Å²) in [5.74, 6) is 0.632. The van der Waals surface area contributed by atoms with Crippen LogP contribution < -0.4 is 0 Å². The fourth-order valence-corrected chi connectivity index (χ4v) is 3.02. The predicted molar refractivity (Wildman–Crippen MR) is 77.2 cm³/mol. The van der Waals surface area contributed by atoms with Crippen molar-refractivity contribution in [3.8, 4) is 0 Å². The van der Waals surface area contributed by atoms with Crippen molar-refractivity contribution in [2.75, 3.05) is 6.54 Å². The van der Waals surface area contributed by atoms with Gasteiger partial charge in [-0.25, -0.2) is 0 Å². The van der Waals surface area contributed by atoms with Crippen molar-refractivity contribution in [1.82, 2.24) is 19.8 Å². The van der Waals surface area contributed by atoms with Crippen LogP contribution in [0.1, 0.15) is 47.7 Å². The highest BCUT2D eigenvalue weighted by atomic mass is 35.5. The van der Waals surface area contributed by atoms with E-state index in [1.807, 2.05) is 19.9 Å². The molecule has 0 spiro atoms. The van der Waals surface area contributed by atoms with Crippen molar-refractivity contribution < 1.29 is 9.32 Å². The molecule has 21 heavy (non-hydrogen) atoms. The maximum absolute atomic E-state index is 12.8. The van der Waals surface area contributed by atoms with Gasteiger partial charge in [0, 0.05) is 19.2 Å². The number of carbonyl (C=O) groups excluding carboxylic acids is 1. The lowest BCUT2D eigenvalue weighted by atomic mass is 10.1. The number of hydrogen-bond acceptors (Lipinski definition) is 4. The molecule has 6 nitrogen and oxygen atoms in total. The third-order valence-electron chi connectivity index (χ3n) is 3.79. The van der Waals surface area contributed by atoms with Gasteiger partial charge >= 0.3 is 0 Å². The second kappa shape index (κ2) is 5.52. The number of carbonyl (C=O) groups is 1. The Morgan fingerprint density at radius 3 is 3.05 bits per heavy atom. The van der Waals surface area contributed by atoms with E-state index in [4.69, 9.17) is 16.1 Å². The molecule has 1 atom stereocenters. The standard InChI is InChI=1S/C14H17ClN4O2/c1-3-19-13(10(15)8-16-19)14(20)18-6-4-5-11(18)12-7-9(2)17-21-12/h7-8,11H,3-6H2,1-2H3/t11-/m1/s1. The SMILES string of the molecule is CCn1ncc(Cl)c1C(=O)N1CCC[C@@H]1c1cc(C)no1. The zero-order valence-electron chi connectivity index (χ0n) is 12.0. The molecule has 0 N–H and O–H groups in total. The summed E-state index contributed by atoms with van der Waals surface area (Å²) in [6, 6.07) is 1.81. The monoisotopic (exact) mass is 308 g/mol. The molecule has 3 heterocycles. The number of hydrogen-bond donors (Lipinski definition) is 0. The minimum Gasteiger partial charge on any atom is -0.359 e. The second-order valence-corrected chi connectivity index (χ2v) is 5.59. The summed E-state index contributed by atoms with van der Waals surface area (Å²) < 4.78 is 6.96. The van der Waals surface area contributed by atoms with Crippen LogP contribution in [-0.4, -0.2) is 32.3 Å². The van der Waals surface area contributed by atoms with Crippen LogP contribution in [0.15, 0.2) is 16.8 Å². The number of aryl methyl sites for hydroxylation is 2. The molecule has 0 radical (unpaired) electrons. The summed E-state index contributed by atoms with van der Waals surface area (Å²) in [4.78, 5) is 14.6. The molecule has 2 aromatic heterocycles. The van der Waals surface area contributed by atoms with E-state index in [9.17, 15) is 4.79 Å². The fraction of sp³-hybridized carbons (Fsp3) is 0.500. The molecule has 0 aliphatic carbocycles. The lowest BCUT2D eigenvalue weighted by molar-refractivity contribution is 0.0702. The van der Waals surface area contributed by atoms with E-state index in [1.54, 1.807) is 9.58 Å². The quantitative estimate of drug-likeness (QED) is 0.874. The Balaban J connectivity index is 1.91. The van der Waals surface area contributed by atoms with E-state index in [1.165, 1.54) is 6.20 Å². The van der Waals surface area contributed by atoms with Crippen LogP contribution in [-0.2, 0) is 6.54 Å². The highest BCUT2D eigenvalue weighted by Gasteiger charge is 2.35. The van der Waals surface area contributed by atoms with Gasteiger partial charge in [0.05, 0.1) is 23.0 Å². The van der Waals surface area contributed by atoms with Crippen LogP contribution in [0.4, 0.5) is 0 Å². The van der Waals surface area contributed by atoms with E-state index in [0.717, 1.165) is 24.3 Å². The molecular weight excluding hydrogens is 292 g/mol. The summed E-state index contributed by atoms with van der Waals surface area (Å²) >= 11 is 6.13. The zero-order chi connectivity index (χ0) is 15.0. The molecule has 7 heteroatoms. The highest BCUT2D eigenvalue weighted by molar-refractivity contribution is 6.33. The van der Waals surface area contributed by atoms with Crippen LogP contribution in [0.25, 0.3) is 0 Å². The number of halogens is 1. The van der Waals surface area contributed by atoms with E-state index < -0.39 is 0 Å². The molecule has 0 aromatic carbocycles. The maximum Gasteiger partial charge on any atom is 0.274 e. The van der Waals surface area contributed by atoms with Gasteiger partial charge in [-0.15, -0.1) is 0 Å². The van der Waals surface area contributed by atoms with Crippen LogP contribution in [0.3, 0.4) is 0 Å². The van der Waals surface area contributed by atoms with Gasteiger partial charge in [-0.2, -0.15) is 5.10 Å². The summed E-state index contributed by atoms with van der Waals surface area (Å²) in [5, 5.41) is 8.43. The smallest absolute Gasteiger partial charge is 0.274 e. The Hall–Kier alpha value is -1.82. The maximum atomic E-state index is 12.8. The van der Waals surface area contributed by atoms with Gasteiger partial charge in [0.1, 0.15) is 5.69 Å². The molecule has 0 saturated carbocycles. The van der Waals surface area contributed by atoms with Crippen molar-refractivity contribution in [2.45, 2.75) is 39.3 Å². The van der Waals surface area contributed by atoms with E-state index >= 15 is 0 Å². The Morgan fingerprint density at radius 1 is 1.57 bits per heavy atom. The van der Waals surface area contributed by atoms with Gasteiger partial charge in [-0.1, -0.05) is 16.8 Å². The average Bonchev–Trinajstić information content (AvgIpc) is 3.16. The topological polar surface area (TPSA) is 64.2 Å². The molecule has 1 saturated heterocycles. The summed E-state index contributed by atoms with van der Waals surface area (Å²) in [6.45, 7) is 5.10. The number of amides is 1. The first-order valence-electron chi connectivity index (χ1n) is 7.07. The number of nitrogens with zero attached hydrogens (tertiary/aromatic N) is 4. The second-order valence-electron chi connectivity index (χ2n) is 5.18. The van der Waals surface area contributed by atoms with Gasteiger partial charge in [0.25, 0.3) is 5.91 Å². The van der Waals surface area contributed by atoms with E-state index in [-0.39, 0.29) is 11.9 Å². The van der Waals surface area contributed by atoms with Crippen LogP contribution >= 0.6 is 11.6 Å². The summed E-state index contributed by atoms with van der Waals surface area (Å²) in [5.41, 5.74) is 1.27. The normalized spacial score (nSPS) is 18.4. The Labute approximate surface area is 127 Å². The minimum absolute atomic E-state index is 0.0741. The number of rotatable bonds is 3. The van der Waals surface area contributed by atoms with Crippen LogP contribution in [0.5, 0.6) is 0 Å². The van der Waals surface area contributed by atoms with Gasteiger partial charge in [0.2, 0.25) is 0 Å². The lowest BCUT2D eigenvalue weighted by Gasteiger charge is -2.23. The first-order chi connectivity index (χ1) is 10.1. The zero-order valence-corrected chi connectivity index (χ0v) is 12.8.